The van der Waals surface area contributed by atoms with Gasteiger partial charge in [0.15, 0.2) is 0 Å². The van der Waals surface area contributed by atoms with E-state index in [-0.39, 0.29) is 6.10 Å². The van der Waals surface area contributed by atoms with Crippen LogP contribution in [0.25, 0.3) is 0 Å². The molecular weight excluding hydrogens is 248 g/mol. The summed E-state index contributed by atoms with van der Waals surface area (Å²) in [5.74, 6) is 2.62. The predicted octanol–water partition coefficient (Wildman–Crippen LogP) is 4.22. The van der Waals surface area contributed by atoms with Gasteiger partial charge in [-0.2, -0.15) is 0 Å². The van der Waals surface area contributed by atoms with Crippen LogP contribution in [0.5, 0.6) is 0 Å². The smallest absolute Gasteiger partial charge is 0.135 e. The van der Waals surface area contributed by atoms with Crippen molar-refractivity contribution >= 4 is 5.78 Å². The minimum absolute atomic E-state index is 0.192. The summed E-state index contributed by atoms with van der Waals surface area (Å²) < 4.78 is 5.79. The van der Waals surface area contributed by atoms with Gasteiger partial charge in [-0.3, -0.25) is 4.79 Å². The van der Waals surface area contributed by atoms with Crippen molar-refractivity contribution in [1.82, 2.24) is 0 Å². The van der Waals surface area contributed by atoms with Gasteiger partial charge in [0.2, 0.25) is 0 Å². The number of hydrogen-bond donors (Lipinski definition) is 0. The summed E-state index contributed by atoms with van der Waals surface area (Å²) in [7, 11) is 0. The van der Waals surface area contributed by atoms with Gasteiger partial charge in [0, 0.05) is 19.4 Å². The fourth-order valence-corrected chi connectivity index (χ4v) is 5.78. The summed E-state index contributed by atoms with van der Waals surface area (Å²) >= 11 is 0. The van der Waals surface area contributed by atoms with Crippen LogP contribution in [-0.4, -0.2) is 18.5 Å². The Hall–Kier alpha value is -0.370. The van der Waals surface area contributed by atoms with E-state index in [1.165, 1.54) is 19.3 Å². The molecule has 0 N–H and O–H groups in total. The van der Waals surface area contributed by atoms with Crippen LogP contribution in [-0.2, 0) is 9.53 Å². The third kappa shape index (κ3) is 1.98. The molecule has 2 nitrogen and oxygen atoms in total. The van der Waals surface area contributed by atoms with E-state index in [1.54, 1.807) is 0 Å². The first-order chi connectivity index (χ1) is 9.38. The number of ketones is 1. The molecule has 114 valence electrons. The molecule has 2 bridgehead atoms. The van der Waals surface area contributed by atoms with E-state index in [9.17, 15) is 4.79 Å². The van der Waals surface area contributed by atoms with E-state index >= 15 is 0 Å². The minimum Gasteiger partial charge on any atom is -0.378 e. The average molecular weight is 278 g/mol. The Morgan fingerprint density at radius 2 is 1.95 bits per heavy atom. The summed E-state index contributed by atoms with van der Waals surface area (Å²) in [6, 6.07) is 0. The number of Topliss-reactive ketones (excluding diaryl/α,β-unsaturated/α-hetero) is 1. The van der Waals surface area contributed by atoms with Gasteiger partial charge in [-0.25, -0.2) is 0 Å². The van der Waals surface area contributed by atoms with Gasteiger partial charge in [-0.05, 0) is 61.2 Å². The molecule has 3 aliphatic carbocycles. The summed E-state index contributed by atoms with van der Waals surface area (Å²) in [6.45, 7) is 10.2. The van der Waals surface area contributed by atoms with Crippen LogP contribution in [0.4, 0.5) is 0 Å². The van der Waals surface area contributed by atoms with Gasteiger partial charge >= 0.3 is 0 Å². The summed E-state index contributed by atoms with van der Waals surface area (Å²) in [5, 5.41) is 0. The Labute approximate surface area is 123 Å². The summed E-state index contributed by atoms with van der Waals surface area (Å²) in [5.41, 5.74) is 0.899. The molecule has 0 aromatic carbocycles. The van der Waals surface area contributed by atoms with Crippen molar-refractivity contribution in [3.05, 3.63) is 0 Å². The second-order valence-electron chi connectivity index (χ2n) is 8.24. The van der Waals surface area contributed by atoms with Gasteiger partial charge in [-0.15, -0.1) is 0 Å². The van der Waals surface area contributed by atoms with Crippen LogP contribution in [0, 0.1) is 28.6 Å². The van der Waals surface area contributed by atoms with Crippen molar-refractivity contribution < 1.29 is 9.53 Å². The Balaban J connectivity index is 1.78. The highest BCUT2D eigenvalue weighted by Gasteiger charge is 2.62. The molecule has 3 saturated carbocycles. The van der Waals surface area contributed by atoms with E-state index in [1.807, 2.05) is 6.92 Å². The number of hydrogen-bond acceptors (Lipinski definition) is 2. The fourth-order valence-electron chi connectivity index (χ4n) is 5.78. The number of ether oxygens (including phenoxy) is 1. The minimum atomic E-state index is 0.192. The molecule has 0 amide bonds. The van der Waals surface area contributed by atoms with Gasteiger partial charge in [0.25, 0.3) is 0 Å². The van der Waals surface area contributed by atoms with E-state index in [2.05, 4.69) is 20.8 Å². The first kappa shape index (κ1) is 14.6. The van der Waals surface area contributed by atoms with E-state index in [0.29, 0.717) is 29.0 Å². The predicted molar refractivity (Wildman–Crippen MR) is 80.5 cm³/mol. The zero-order chi connectivity index (χ0) is 14.5. The van der Waals surface area contributed by atoms with Crippen LogP contribution in [0.3, 0.4) is 0 Å². The molecule has 20 heavy (non-hydrogen) atoms. The highest BCUT2D eigenvalue weighted by Crippen LogP contribution is 2.70. The number of carbonyl (C=O) groups excluding carboxylic acids is 1. The lowest BCUT2D eigenvalue weighted by Crippen LogP contribution is -2.40. The summed E-state index contributed by atoms with van der Waals surface area (Å²) in [6.07, 6.45) is 6.88. The molecule has 0 spiro atoms. The van der Waals surface area contributed by atoms with E-state index in [0.717, 1.165) is 31.3 Å². The Morgan fingerprint density at radius 3 is 2.50 bits per heavy atom. The second kappa shape index (κ2) is 4.83. The first-order valence-electron chi connectivity index (χ1n) is 8.51. The van der Waals surface area contributed by atoms with Crippen molar-refractivity contribution in [3.63, 3.8) is 0 Å². The highest BCUT2D eigenvalue weighted by molar-refractivity contribution is 5.80. The topological polar surface area (TPSA) is 26.3 Å². The molecule has 0 aromatic heterocycles. The van der Waals surface area contributed by atoms with Crippen LogP contribution in [0.2, 0.25) is 0 Å². The van der Waals surface area contributed by atoms with Crippen molar-refractivity contribution in [2.45, 2.75) is 72.3 Å². The third-order valence-corrected chi connectivity index (χ3v) is 7.34. The summed E-state index contributed by atoms with van der Waals surface area (Å²) in [4.78, 5) is 12.1. The molecule has 0 radical (unpaired) electrons. The lowest BCUT2D eigenvalue weighted by atomic mass is 9.61. The molecule has 0 heterocycles. The maximum atomic E-state index is 12.1. The van der Waals surface area contributed by atoms with Crippen molar-refractivity contribution in [1.29, 1.82) is 0 Å². The van der Waals surface area contributed by atoms with Crippen molar-refractivity contribution in [2.24, 2.45) is 28.6 Å². The SMILES string of the molecule is CCOC1CC(=O)CC([C@H]2C[C@@H]3CC[C@@]2(C)C3(C)C)C1. The van der Waals surface area contributed by atoms with Gasteiger partial charge in [0.05, 0.1) is 6.10 Å². The van der Waals surface area contributed by atoms with Crippen LogP contribution in [0.15, 0.2) is 0 Å². The normalized spacial score (nSPS) is 46.9. The molecule has 3 rings (SSSR count). The van der Waals surface area contributed by atoms with E-state index in [4.69, 9.17) is 4.74 Å². The molecule has 5 atom stereocenters. The zero-order valence-electron chi connectivity index (χ0n) is 13.6. The average Bonchev–Trinajstić information content (AvgIpc) is 2.70. The van der Waals surface area contributed by atoms with E-state index < -0.39 is 0 Å². The lowest BCUT2D eigenvalue weighted by Gasteiger charge is -2.44. The Morgan fingerprint density at radius 1 is 1.20 bits per heavy atom. The lowest BCUT2D eigenvalue weighted by molar-refractivity contribution is -0.128. The van der Waals surface area contributed by atoms with Crippen molar-refractivity contribution in [3.8, 4) is 0 Å². The van der Waals surface area contributed by atoms with Crippen LogP contribution in [0.1, 0.15) is 66.2 Å². The molecule has 0 aromatic rings. The number of carbonyl (C=O) groups is 1. The largest absolute Gasteiger partial charge is 0.378 e. The Bertz CT molecular complexity index is 400. The zero-order valence-corrected chi connectivity index (χ0v) is 13.6. The standard InChI is InChI=1S/C18H30O2/c1-5-20-15-9-12(8-14(19)11-15)16-10-13-6-7-18(16,4)17(13,2)3/h12-13,15-16H,5-11H2,1-4H3/t12?,13-,15?,16+,18+/m0/s1. The number of rotatable bonds is 3. The molecule has 3 aliphatic rings. The highest BCUT2D eigenvalue weighted by atomic mass is 16.5. The molecule has 0 saturated heterocycles. The maximum Gasteiger partial charge on any atom is 0.135 e. The van der Waals surface area contributed by atoms with Crippen molar-refractivity contribution in [2.75, 3.05) is 6.61 Å². The van der Waals surface area contributed by atoms with Gasteiger partial charge < -0.3 is 4.74 Å². The molecular formula is C18H30O2. The van der Waals surface area contributed by atoms with Crippen LogP contribution >= 0.6 is 0 Å². The van der Waals surface area contributed by atoms with Crippen LogP contribution < -0.4 is 0 Å². The second-order valence-corrected chi connectivity index (χ2v) is 8.24. The van der Waals surface area contributed by atoms with Gasteiger partial charge in [0.1, 0.15) is 5.78 Å². The first-order valence-corrected chi connectivity index (χ1v) is 8.51. The molecule has 2 heteroatoms. The maximum absolute atomic E-state index is 12.1. The van der Waals surface area contributed by atoms with Gasteiger partial charge in [-0.1, -0.05) is 20.8 Å². The third-order valence-electron chi connectivity index (χ3n) is 7.34. The molecule has 3 fully saturated rings. The fraction of sp³-hybridized carbons (Fsp3) is 0.944. The monoisotopic (exact) mass is 278 g/mol. The molecule has 2 unspecified atom stereocenters. The quantitative estimate of drug-likeness (QED) is 0.772. The number of fused-ring (bicyclic) bond motifs is 2. The molecule has 0 aliphatic heterocycles. The Kier molecular flexibility index (Phi) is 3.52.